The highest BCUT2D eigenvalue weighted by Gasteiger charge is 2.25. The zero-order valence-electron chi connectivity index (χ0n) is 16.6. The summed E-state index contributed by atoms with van der Waals surface area (Å²) in [6.45, 7) is 7.57. The zero-order valence-corrected chi connectivity index (χ0v) is 16.6. The van der Waals surface area contributed by atoms with Gasteiger partial charge < -0.3 is 4.57 Å². The standard InChI is InChI=1S/C23H29N5/c1-2-27-14-4-7-22(27)18-26(17-20-6-3-11-25-16-20)19-23-8-5-15-28(23)21-9-12-24-13-10-21/h3,5-6,8-13,15-16,22H,2,4,7,14,17-19H2,1H3. The number of aromatic nitrogens is 3. The quantitative estimate of drug-likeness (QED) is 0.601. The second kappa shape index (κ2) is 9.13. The number of likely N-dealkylation sites (tertiary alicyclic amines) is 1. The first kappa shape index (κ1) is 18.8. The molecule has 0 aliphatic carbocycles. The second-order valence-electron chi connectivity index (χ2n) is 7.53. The molecule has 1 unspecified atom stereocenters. The first-order valence-electron chi connectivity index (χ1n) is 10.3. The van der Waals surface area contributed by atoms with Gasteiger partial charge in [0.15, 0.2) is 0 Å². The molecular formula is C23H29N5. The molecule has 1 aliphatic heterocycles. The topological polar surface area (TPSA) is 37.2 Å². The molecule has 0 saturated carbocycles. The molecule has 28 heavy (non-hydrogen) atoms. The van der Waals surface area contributed by atoms with Gasteiger partial charge in [-0.2, -0.15) is 0 Å². The summed E-state index contributed by atoms with van der Waals surface area (Å²) in [4.78, 5) is 13.7. The maximum Gasteiger partial charge on any atom is 0.0483 e. The molecule has 0 N–H and O–H groups in total. The van der Waals surface area contributed by atoms with Crippen LogP contribution in [0.4, 0.5) is 0 Å². The van der Waals surface area contributed by atoms with E-state index in [0.717, 1.165) is 31.9 Å². The van der Waals surface area contributed by atoms with Gasteiger partial charge in [0.05, 0.1) is 0 Å². The number of pyridine rings is 2. The number of rotatable bonds is 8. The van der Waals surface area contributed by atoms with Crippen LogP contribution in [0.5, 0.6) is 0 Å². The third-order valence-electron chi connectivity index (χ3n) is 5.66. The van der Waals surface area contributed by atoms with Crippen molar-refractivity contribution in [2.45, 2.75) is 38.9 Å². The van der Waals surface area contributed by atoms with Crippen LogP contribution in [0.1, 0.15) is 31.0 Å². The third-order valence-corrected chi connectivity index (χ3v) is 5.66. The average molecular weight is 376 g/mol. The lowest BCUT2D eigenvalue weighted by molar-refractivity contribution is 0.164. The summed E-state index contributed by atoms with van der Waals surface area (Å²) >= 11 is 0. The fourth-order valence-corrected chi connectivity index (χ4v) is 4.28. The summed E-state index contributed by atoms with van der Waals surface area (Å²) in [5.74, 6) is 0. The van der Waals surface area contributed by atoms with E-state index in [9.17, 15) is 0 Å². The van der Waals surface area contributed by atoms with Crippen molar-refractivity contribution < 1.29 is 0 Å². The molecule has 146 valence electrons. The van der Waals surface area contributed by atoms with Crippen molar-refractivity contribution >= 4 is 0 Å². The summed E-state index contributed by atoms with van der Waals surface area (Å²) in [6.07, 6.45) is 12.3. The molecule has 1 atom stereocenters. The summed E-state index contributed by atoms with van der Waals surface area (Å²) < 4.78 is 2.27. The van der Waals surface area contributed by atoms with Gasteiger partial charge in [-0.25, -0.2) is 0 Å². The van der Waals surface area contributed by atoms with Crippen LogP contribution in [-0.4, -0.2) is 50.0 Å². The molecule has 5 nitrogen and oxygen atoms in total. The van der Waals surface area contributed by atoms with Gasteiger partial charge in [0, 0.05) is 68.0 Å². The van der Waals surface area contributed by atoms with Crippen LogP contribution >= 0.6 is 0 Å². The predicted octanol–water partition coefficient (Wildman–Crippen LogP) is 3.75. The molecular weight excluding hydrogens is 346 g/mol. The molecule has 1 fully saturated rings. The molecule has 4 rings (SSSR count). The fraction of sp³-hybridized carbons (Fsp3) is 0.391. The Morgan fingerprint density at radius 3 is 2.71 bits per heavy atom. The highest BCUT2D eigenvalue weighted by Crippen LogP contribution is 2.21. The van der Waals surface area contributed by atoms with Crippen LogP contribution in [0.25, 0.3) is 5.69 Å². The summed E-state index contributed by atoms with van der Waals surface area (Å²) in [5.41, 5.74) is 3.73. The number of nitrogens with zero attached hydrogens (tertiary/aromatic N) is 5. The lowest BCUT2D eigenvalue weighted by Crippen LogP contribution is -2.40. The van der Waals surface area contributed by atoms with Gasteiger partial charge in [-0.15, -0.1) is 0 Å². The number of likely N-dealkylation sites (N-methyl/N-ethyl adjacent to an activating group) is 1. The van der Waals surface area contributed by atoms with E-state index in [1.165, 1.54) is 30.6 Å². The Morgan fingerprint density at radius 1 is 1.04 bits per heavy atom. The Hall–Kier alpha value is -2.50. The minimum absolute atomic E-state index is 0.644. The van der Waals surface area contributed by atoms with E-state index < -0.39 is 0 Å². The average Bonchev–Trinajstić information content (AvgIpc) is 3.38. The van der Waals surface area contributed by atoms with Crippen LogP contribution in [0, 0.1) is 0 Å². The molecule has 0 bridgehead atoms. The Balaban J connectivity index is 1.55. The van der Waals surface area contributed by atoms with Crippen molar-refractivity contribution in [3.05, 3.63) is 78.6 Å². The number of hydrogen-bond acceptors (Lipinski definition) is 4. The van der Waals surface area contributed by atoms with Crippen LogP contribution in [0.15, 0.2) is 67.4 Å². The molecule has 1 aliphatic rings. The minimum atomic E-state index is 0.644. The SMILES string of the molecule is CCN1CCCC1CN(Cc1cccnc1)Cc1cccn1-c1ccncc1. The van der Waals surface area contributed by atoms with Gasteiger partial charge >= 0.3 is 0 Å². The molecule has 5 heteroatoms. The smallest absolute Gasteiger partial charge is 0.0483 e. The van der Waals surface area contributed by atoms with Gasteiger partial charge in [-0.1, -0.05) is 13.0 Å². The van der Waals surface area contributed by atoms with Crippen molar-refractivity contribution in [1.82, 2.24) is 24.3 Å². The van der Waals surface area contributed by atoms with Crippen molar-refractivity contribution in [3.8, 4) is 5.69 Å². The first-order valence-corrected chi connectivity index (χ1v) is 10.3. The lowest BCUT2D eigenvalue weighted by Gasteiger charge is -2.30. The maximum atomic E-state index is 4.31. The summed E-state index contributed by atoms with van der Waals surface area (Å²) in [7, 11) is 0. The van der Waals surface area contributed by atoms with Crippen molar-refractivity contribution in [3.63, 3.8) is 0 Å². The maximum absolute atomic E-state index is 4.31. The molecule has 3 aromatic rings. The van der Waals surface area contributed by atoms with Crippen molar-refractivity contribution in [1.29, 1.82) is 0 Å². The highest BCUT2D eigenvalue weighted by molar-refractivity contribution is 5.33. The molecule has 0 radical (unpaired) electrons. The Bertz CT molecular complexity index is 846. The van der Waals surface area contributed by atoms with Crippen LogP contribution in [-0.2, 0) is 13.1 Å². The van der Waals surface area contributed by atoms with E-state index in [4.69, 9.17) is 0 Å². The van der Waals surface area contributed by atoms with E-state index in [1.807, 2.05) is 30.9 Å². The van der Waals surface area contributed by atoms with Gasteiger partial charge in [0.1, 0.15) is 0 Å². The van der Waals surface area contributed by atoms with Gasteiger partial charge in [0.25, 0.3) is 0 Å². The van der Waals surface area contributed by atoms with E-state index in [2.05, 4.69) is 67.8 Å². The first-order chi connectivity index (χ1) is 13.8. The summed E-state index contributed by atoms with van der Waals surface area (Å²) in [5, 5.41) is 0. The molecule has 1 saturated heterocycles. The Labute approximate surface area is 167 Å². The van der Waals surface area contributed by atoms with Gasteiger partial charge in [-0.05, 0) is 61.8 Å². The van der Waals surface area contributed by atoms with Gasteiger partial charge in [-0.3, -0.25) is 19.8 Å². The van der Waals surface area contributed by atoms with E-state index >= 15 is 0 Å². The third kappa shape index (κ3) is 4.49. The largest absolute Gasteiger partial charge is 0.319 e. The molecule has 0 aromatic carbocycles. The van der Waals surface area contributed by atoms with Crippen LogP contribution < -0.4 is 0 Å². The molecule has 0 spiro atoms. The fourth-order valence-electron chi connectivity index (χ4n) is 4.28. The highest BCUT2D eigenvalue weighted by atomic mass is 15.2. The molecule has 3 aromatic heterocycles. The van der Waals surface area contributed by atoms with Gasteiger partial charge in [0.2, 0.25) is 0 Å². The van der Waals surface area contributed by atoms with Crippen molar-refractivity contribution in [2.75, 3.05) is 19.6 Å². The van der Waals surface area contributed by atoms with E-state index in [1.54, 1.807) is 0 Å². The monoisotopic (exact) mass is 375 g/mol. The van der Waals surface area contributed by atoms with Crippen molar-refractivity contribution in [2.24, 2.45) is 0 Å². The van der Waals surface area contributed by atoms with E-state index in [0.29, 0.717) is 6.04 Å². The Morgan fingerprint density at radius 2 is 1.93 bits per heavy atom. The summed E-state index contributed by atoms with van der Waals surface area (Å²) in [6, 6.07) is 13.3. The Kier molecular flexibility index (Phi) is 6.14. The van der Waals surface area contributed by atoms with Crippen LogP contribution in [0.2, 0.25) is 0 Å². The normalized spacial score (nSPS) is 17.4. The van der Waals surface area contributed by atoms with E-state index in [-0.39, 0.29) is 0 Å². The van der Waals surface area contributed by atoms with Crippen LogP contribution in [0.3, 0.4) is 0 Å². The number of hydrogen-bond donors (Lipinski definition) is 0. The zero-order chi connectivity index (χ0) is 19.2. The minimum Gasteiger partial charge on any atom is -0.319 e. The second-order valence-corrected chi connectivity index (χ2v) is 7.53. The predicted molar refractivity (Wildman–Crippen MR) is 112 cm³/mol. The lowest BCUT2D eigenvalue weighted by atomic mass is 10.1. The molecule has 0 amide bonds. The molecule has 4 heterocycles.